The number of nitrogens with zero attached hydrogens (tertiary/aromatic N) is 1. The van der Waals surface area contributed by atoms with Gasteiger partial charge in [0, 0.05) is 18.7 Å². The highest BCUT2D eigenvalue weighted by Crippen LogP contribution is 2.19. The second-order valence-corrected chi connectivity index (χ2v) is 4.68. The molecule has 1 unspecified atom stereocenters. The molecule has 1 atom stereocenters. The van der Waals surface area contributed by atoms with Gasteiger partial charge in [-0.1, -0.05) is 0 Å². The average Bonchev–Trinajstić information content (AvgIpc) is 2.85. The summed E-state index contributed by atoms with van der Waals surface area (Å²) in [7, 11) is 0. The van der Waals surface area contributed by atoms with Crippen LogP contribution in [0.5, 0.6) is 0 Å². The van der Waals surface area contributed by atoms with Crippen molar-refractivity contribution >= 4 is 24.0 Å². The van der Waals surface area contributed by atoms with E-state index in [9.17, 15) is 9.18 Å². The van der Waals surface area contributed by atoms with E-state index in [1.165, 1.54) is 12.1 Å². The second-order valence-electron chi connectivity index (χ2n) is 4.68. The van der Waals surface area contributed by atoms with Crippen molar-refractivity contribution in [3.63, 3.8) is 0 Å². The number of benzene rings is 1. The van der Waals surface area contributed by atoms with Crippen LogP contribution in [-0.2, 0) is 4.79 Å². The van der Waals surface area contributed by atoms with Crippen LogP contribution in [0.25, 0.3) is 0 Å². The summed E-state index contributed by atoms with van der Waals surface area (Å²) in [5, 5.41) is 3.26. The molecule has 1 amide bonds. The van der Waals surface area contributed by atoms with E-state index in [1.807, 2.05) is 6.92 Å². The lowest BCUT2D eigenvalue weighted by Gasteiger charge is -2.22. The molecule has 0 aliphatic carbocycles. The van der Waals surface area contributed by atoms with Gasteiger partial charge in [0.2, 0.25) is 5.91 Å². The van der Waals surface area contributed by atoms with Gasteiger partial charge in [0.15, 0.2) is 0 Å². The highest BCUT2D eigenvalue weighted by atomic mass is 35.5. The molecule has 1 heterocycles. The third kappa shape index (κ3) is 4.18. The number of hydrogen-bond donors (Lipinski definition) is 1. The predicted molar refractivity (Wildman–Crippen MR) is 77.3 cm³/mol. The Hall–Kier alpha value is -1.13. The van der Waals surface area contributed by atoms with Crippen molar-refractivity contribution in [3.05, 3.63) is 30.1 Å². The van der Waals surface area contributed by atoms with Crippen LogP contribution < -0.4 is 10.2 Å². The van der Waals surface area contributed by atoms with Crippen LogP contribution >= 0.6 is 12.4 Å². The van der Waals surface area contributed by atoms with Crippen molar-refractivity contribution in [2.45, 2.75) is 19.8 Å². The molecule has 0 bridgehead atoms. The summed E-state index contributed by atoms with van der Waals surface area (Å²) in [5.41, 5.74) is 0.773. The Morgan fingerprint density at radius 3 is 2.63 bits per heavy atom. The Morgan fingerprint density at radius 1 is 1.42 bits per heavy atom. The van der Waals surface area contributed by atoms with Gasteiger partial charge in [0.25, 0.3) is 0 Å². The fourth-order valence-corrected chi connectivity index (χ4v) is 2.37. The maximum atomic E-state index is 12.9. The van der Waals surface area contributed by atoms with Crippen LogP contribution in [0.4, 0.5) is 10.1 Å². The summed E-state index contributed by atoms with van der Waals surface area (Å²) in [4.78, 5) is 13.9. The number of rotatable bonds is 4. The molecule has 5 heteroatoms. The van der Waals surface area contributed by atoms with E-state index in [0.717, 1.165) is 25.2 Å². The van der Waals surface area contributed by atoms with E-state index >= 15 is 0 Å². The molecule has 3 nitrogen and oxygen atoms in total. The topological polar surface area (TPSA) is 32.3 Å². The molecule has 0 radical (unpaired) electrons. The van der Waals surface area contributed by atoms with Crippen molar-refractivity contribution in [2.24, 2.45) is 5.92 Å². The van der Waals surface area contributed by atoms with Crippen molar-refractivity contribution in [2.75, 3.05) is 24.5 Å². The zero-order chi connectivity index (χ0) is 13.0. The Labute approximate surface area is 119 Å². The highest BCUT2D eigenvalue weighted by Gasteiger charge is 2.21. The van der Waals surface area contributed by atoms with Gasteiger partial charge >= 0.3 is 0 Å². The fraction of sp³-hybridized carbons (Fsp3) is 0.500. The molecule has 1 aliphatic rings. The lowest BCUT2D eigenvalue weighted by Crippen LogP contribution is -2.32. The minimum absolute atomic E-state index is 0. The first-order valence-corrected chi connectivity index (χ1v) is 6.47. The van der Waals surface area contributed by atoms with E-state index in [-0.39, 0.29) is 24.1 Å². The lowest BCUT2D eigenvalue weighted by atomic mass is 10.0. The summed E-state index contributed by atoms with van der Waals surface area (Å²) >= 11 is 0. The number of carbonyl (C=O) groups is 1. The number of nitrogens with one attached hydrogen (secondary N) is 1. The smallest absolute Gasteiger partial charge is 0.227 e. The van der Waals surface area contributed by atoms with Gasteiger partial charge in [-0.05, 0) is 56.6 Å². The highest BCUT2D eigenvalue weighted by molar-refractivity contribution is 5.93. The third-order valence-electron chi connectivity index (χ3n) is 3.38. The standard InChI is InChI=1S/C14H19FN2O.ClH/c1-2-17(13-5-3-12(15)4-6-13)14(18)9-11-7-8-16-10-11;/h3-6,11,16H,2,7-10H2,1H3;1H. The molecule has 19 heavy (non-hydrogen) atoms. The van der Waals surface area contributed by atoms with Crippen molar-refractivity contribution in [1.82, 2.24) is 5.32 Å². The van der Waals surface area contributed by atoms with Crippen molar-refractivity contribution < 1.29 is 9.18 Å². The van der Waals surface area contributed by atoms with E-state index in [0.29, 0.717) is 18.9 Å². The van der Waals surface area contributed by atoms with Gasteiger partial charge in [-0.3, -0.25) is 4.79 Å². The maximum absolute atomic E-state index is 12.9. The molecule has 1 fully saturated rings. The first-order valence-electron chi connectivity index (χ1n) is 6.47. The molecule has 1 aromatic carbocycles. The molecule has 1 saturated heterocycles. The fourth-order valence-electron chi connectivity index (χ4n) is 2.37. The van der Waals surface area contributed by atoms with Gasteiger partial charge in [-0.25, -0.2) is 4.39 Å². The van der Waals surface area contributed by atoms with Gasteiger partial charge in [0.1, 0.15) is 5.82 Å². The second kappa shape index (κ2) is 7.46. The number of hydrogen-bond acceptors (Lipinski definition) is 2. The third-order valence-corrected chi connectivity index (χ3v) is 3.38. The zero-order valence-corrected chi connectivity index (χ0v) is 11.9. The first-order chi connectivity index (χ1) is 8.70. The monoisotopic (exact) mass is 286 g/mol. The Bertz CT molecular complexity index is 404. The summed E-state index contributed by atoms with van der Waals surface area (Å²) in [6, 6.07) is 6.10. The summed E-state index contributed by atoms with van der Waals surface area (Å²) in [5.74, 6) is 0.284. The lowest BCUT2D eigenvalue weighted by molar-refractivity contribution is -0.119. The molecule has 0 saturated carbocycles. The minimum atomic E-state index is -0.276. The Morgan fingerprint density at radius 2 is 2.11 bits per heavy atom. The maximum Gasteiger partial charge on any atom is 0.227 e. The van der Waals surface area contributed by atoms with E-state index < -0.39 is 0 Å². The van der Waals surface area contributed by atoms with Crippen LogP contribution in [0.15, 0.2) is 24.3 Å². The quantitative estimate of drug-likeness (QED) is 0.923. The van der Waals surface area contributed by atoms with E-state index in [2.05, 4.69) is 5.32 Å². The molecule has 0 spiro atoms. The zero-order valence-electron chi connectivity index (χ0n) is 11.1. The van der Waals surface area contributed by atoms with Crippen LogP contribution in [0.1, 0.15) is 19.8 Å². The molecule has 2 rings (SSSR count). The van der Waals surface area contributed by atoms with Gasteiger partial charge in [0.05, 0.1) is 0 Å². The predicted octanol–water partition coefficient (Wildman–Crippen LogP) is 2.60. The number of anilines is 1. The van der Waals surface area contributed by atoms with Crippen LogP contribution in [0.2, 0.25) is 0 Å². The van der Waals surface area contributed by atoms with E-state index in [1.54, 1.807) is 17.0 Å². The summed E-state index contributed by atoms with van der Waals surface area (Å²) in [6.07, 6.45) is 1.63. The molecular formula is C14H20ClFN2O. The first kappa shape index (κ1) is 15.9. The minimum Gasteiger partial charge on any atom is -0.316 e. The molecule has 1 aliphatic heterocycles. The van der Waals surface area contributed by atoms with Crippen LogP contribution in [0, 0.1) is 11.7 Å². The molecule has 106 valence electrons. The van der Waals surface area contributed by atoms with Gasteiger partial charge in [-0.15, -0.1) is 12.4 Å². The summed E-state index contributed by atoms with van der Waals surface area (Å²) in [6.45, 7) is 4.48. The molecular weight excluding hydrogens is 267 g/mol. The SMILES string of the molecule is CCN(C(=O)CC1CCNC1)c1ccc(F)cc1.Cl. The largest absolute Gasteiger partial charge is 0.316 e. The van der Waals surface area contributed by atoms with Crippen LogP contribution in [0.3, 0.4) is 0 Å². The van der Waals surface area contributed by atoms with Crippen molar-refractivity contribution in [3.8, 4) is 0 Å². The van der Waals surface area contributed by atoms with E-state index in [4.69, 9.17) is 0 Å². The number of halogens is 2. The molecule has 1 N–H and O–H groups in total. The van der Waals surface area contributed by atoms with Crippen molar-refractivity contribution in [1.29, 1.82) is 0 Å². The van der Waals surface area contributed by atoms with Gasteiger partial charge < -0.3 is 10.2 Å². The summed E-state index contributed by atoms with van der Waals surface area (Å²) < 4.78 is 12.9. The van der Waals surface area contributed by atoms with Gasteiger partial charge in [-0.2, -0.15) is 0 Å². The average molecular weight is 287 g/mol. The molecule has 1 aromatic rings. The normalized spacial score (nSPS) is 17.9. The number of carbonyl (C=O) groups excluding carboxylic acids is 1. The Kier molecular flexibility index (Phi) is 6.25. The number of amides is 1. The Balaban J connectivity index is 0.00000180. The molecule has 0 aromatic heterocycles. The van der Waals surface area contributed by atoms with Crippen LogP contribution in [-0.4, -0.2) is 25.5 Å².